The summed E-state index contributed by atoms with van der Waals surface area (Å²) in [5.74, 6) is 0.170. The van der Waals surface area contributed by atoms with E-state index in [0.29, 0.717) is 37.5 Å². The number of benzene rings is 1. The normalized spacial score (nSPS) is 16.3. The molecule has 2 aromatic rings. The molecule has 1 aromatic heterocycles. The number of nitrogens with one attached hydrogen (secondary N) is 1. The Hall–Kier alpha value is -2.23. The number of amides is 1. The van der Waals surface area contributed by atoms with Gasteiger partial charge in [0, 0.05) is 47.0 Å². The number of piperidine rings is 1. The van der Waals surface area contributed by atoms with Gasteiger partial charge in [-0.25, -0.2) is 0 Å². The molecule has 1 aliphatic rings. The summed E-state index contributed by atoms with van der Waals surface area (Å²) < 4.78 is 29.0. The molecular weight excluding hydrogens is 390 g/mol. The van der Waals surface area contributed by atoms with Crippen molar-refractivity contribution in [2.75, 3.05) is 27.2 Å². The van der Waals surface area contributed by atoms with Crippen LogP contribution in [-0.2, 0) is 30.2 Å². The number of hydrogen-bond acceptors (Lipinski definition) is 4. The summed E-state index contributed by atoms with van der Waals surface area (Å²) in [5.41, 5.74) is 2.40. The standard InChI is InChI=1S/C20H29N5O3S/c1-23(2)29(27,28)25-11-9-16(10-12-25)13-19-18(15-24(3)22-19)20(26)21-14-17-7-5-4-6-8-17/h4-8,15-16H,9-14H2,1-3H3,(H,21,26). The molecule has 0 radical (unpaired) electrons. The second-order valence-electron chi connectivity index (χ2n) is 7.67. The van der Waals surface area contributed by atoms with Gasteiger partial charge in [0.25, 0.3) is 16.1 Å². The predicted molar refractivity (Wildman–Crippen MR) is 111 cm³/mol. The lowest BCUT2D eigenvalue weighted by Gasteiger charge is -2.32. The zero-order valence-electron chi connectivity index (χ0n) is 17.2. The summed E-state index contributed by atoms with van der Waals surface area (Å²) in [4.78, 5) is 12.7. The fraction of sp³-hybridized carbons (Fsp3) is 0.500. The van der Waals surface area contributed by atoms with Gasteiger partial charge in [-0.15, -0.1) is 0 Å². The number of carbonyl (C=O) groups excluding carboxylic acids is 1. The lowest BCUT2D eigenvalue weighted by atomic mass is 9.92. The Bertz CT molecular complexity index is 932. The maximum atomic E-state index is 12.7. The Labute approximate surface area is 172 Å². The molecule has 1 fully saturated rings. The highest BCUT2D eigenvalue weighted by Crippen LogP contribution is 2.24. The zero-order chi connectivity index (χ0) is 21.0. The van der Waals surface area contributed by atoms with Gasteiger partial charge in [-0.1, -0.05) is 30.3 Å². The van der Waals surface area contributed by atoms with Gasteiger partial charge in [0.05, 0.1) is 11.3 Å². The van der Waals surface area contributed by atoms with Gasteiger partial charge in [0.1, 0.15) is 0 Å². The molecule has 0 unspecified atom stereocenters. The molecule has 0 saturated carbocycles. The fourth-order valence-electron chi connectivity index (χ4n) is 3.60. The minimum Gasteiger partial charge on any atom is -0.348 e. The van der Waals surface area contributed by atoms with Crippen molar-refractivity contribution in [1.29, 1.82) is 0 Å². The van der Waals surface area contributed by atoms with Crippen molar-refractivity contribution >= 4 is 16.1 Å². The molecule has 29 heavy (non-hydrogen) atoms. The van der Waals surface area contributed by atoms with Crippen LogP contribution in [0.25, 0.3) is 0 Å². The van der Waals surface area contributed by atoms with Gasteiger partial charge in [-0.2, -0.15) is 22.1 Å². The average Bonchev–Trinajstić information content (AvgIpc) is 3.07. The first kappa shape index (κ1) is 21.5. The Kier molecular flexibility index (Phi) is 6.71. The third kappa shape index (κ3) is 5.23. The molecule has 8 nitrogen and oxygen atoms in total. The van der Waals surface area contributed by atoms with E-state index in [1.54, 1.807) is 25.0 Å². The largest absolute Gasteiger partial charge is 0.348 e. The zero-order valence-corrected chi connectivity index (χ0v) is 18.0. The van der Waals surface area contributed by atoms with Gasteiger partial charge < -0.3 is 5.32 Å². The monoisotopic (exact) mass is 419 g/mol. The summed E-state index contributed by atoms with van der Waals surface area (Å²) in [6, 6.07) is 9.78. The highest BCUT2D eigenvalue weighted by Gasteiger charge is 2.30. The van der Waals surface area contributed by atoms with Crippen LogP contribution < -0.4 is 5.32 Å². The van der Waals surface area contributed by atoms with Gasteiger partial charge in [0.2, 0.25) is 0 Å². The van der Waals surface area contributed by atoms with Crippen LogP contribution in [0.1, 0.15) is 34.5 Å². The quantitative estimate of drug-likeness (QED) is 0.735. The molecule has 0 bridgehead atoms. The second kappa shape index (κ2) is 9.06. The predicted octanol–water partition coefficient (Wildman–Crippen LogP) is 1.41. The number of aromatic nitrogens is 2. The molecule has 1 aliphatic heterocycles. The third-order valence-corrected chi connectivity index (χ3v) is 7.23. The van der Waals surface area contributed by atoms with E-state index in [1.165, 1.54) is 8.61 Å². The molecule has 1 amide bonds. The lowest BCUT2D eigenvalue weighted by molar-refractivity contribution is 0.0949. The van der Waals surface area contributed by atoms with Crippen LogP contribution in [0.3, 0.4) is 0 Å². The van der Waals surface area contributed by atoms with Crippen LogP contribution in [0.15, 0.2) is 36.5 Å². The van der Waals surface area contributed by atoms with E-state index < -0.39 is 10.2 Å². The van der Waals surface area contributed by atoms with Crippen LogP contribution in [0.5, 0.6) is 0 Å². The smallest absolute Gasteiger partial charge is 0.281 e. The molecule has 3 rings (SSSR count). The van der Waals surface area contributed by atoms with E-state index in [-0.39, 0.29) is 5.91 Å². The van der Waals surface area contributed by atoms with Crippen molar-refractivity contribution in [2.45, 2.75) is 25.8 Å². The van der Waals surface area contributed by atoms with Crippen molar-refractivity contribution in [3.63, 3.8) is 0 Å². The summed E-state index contributed by atoms with van der Waals surface area (Å²) >= 11 is 0. The first-order valence-corrected chi connectivity index (χ1v) is 11.2. The molecule has 1 N–H and O–H groups in total. The Morgan fingerprint density at radius 2 is 1.86 bits per heavy atom. The number of aryl methyl sites for hydroxylation is 1. The minimum absolute atomic E-state index is 0.135. The molecular formula is C20H29N5O3S. The number of hydrogen-bond donors (Lipinski definition) is 1. The minimum atomic E-state index is -3.36. The molecule has 1 saturated heterocycles. The van der Waals surface area contributed by atoms with Crippen molar-refractivity contribution in [3.8, 4) is 0 Å². The Morgan fingerprint density at radius 3 is 2.48 bits per heavy atom. The van der Waals surface area contributed by atoms with Crippen molar-refractivity contribution in [3.05, 3.63) is 53.3 Å². The molecule has 0 atom stereocenters. The van der Waals surface area contributed by atoms with Gasteiger partial charge >= 0.3 is 0 Å². The summed E-state index contributed by atoms with van der Waals surface area (Å²) in [5, 5.41) is 7.45. The van der Waals surface area contributed by atoms with E-state index in [4.69, 9.17) is 0 Å². The number of nitrogens with zero attached hydrogens (tertiary/aromatic N) is 4. The van der Waals surface area contributed by atoms with Gasteiger partial charge in [-0.3, -0.25) is 9.48 Å². The van der Waals surface area contributed by atoms with Crippen LogP contribution in [0, 0.1) is 5.92 Å². The highest BCUT2D eigenvalue weighted by molar-refractivity contribution is 7.86. The lowest BCUT2D eigenvalue weighted by Crippen LogP contribution is -2.44. The van der Waals surface area contributed by atoms with Crippen LogP contribution >= 0.6 is 0 Å². The van der Waals surface area contributed by atoms with E-state index in [9.17, 15) is 13.2 Å². The molecule has 158 valence electrons. The van der Waals surface area contributed by atoms with E-state index in [0.717, 1.165) is 24.1 Å². The first-order valence-electron chi connectivity index (χ1n) is 9.79. The van der Waals surface area contributed by atoms with E-state index in [1.807, 2.05) is 37.4 Å². The van der Waals surface area contributed by atoms with Crippen LogP contribution in [-0.4, -0.2) is 59.9 Å². The van der Waals surface area contributed by atoms with Crippen LogP contribution in [0.2, 0.25) is 0 Å². The fourth-order valence-corrected chi connectivity index (χ4v) is 4.73. The van der Waals surface area contributed by atoms with E-state index >= 15 is 0 Å². The number of rotatable bonds is 7. The molecule has 1 aromatic carbocycles. The average molecular weight is 420 g/mol. The topological polar surface area (TPSA) is 87.5 Å². The first-order chi connectivity index (χ1) is 13.8. The maximum absolute atomic E-state index is 12.7. The second-order valence-corrected chi connectivity index (χ2v) is 9.81. The maximum Gasteiger partial charge on any atom is 0.281 e. The highest BCUT2D eigenvalue weighted by atomic mass is 32.2. The third-order valence-electron chi connectivity index (χ3n) is 5.29. The Balaban J connectivity index is 1.60. The molecule has 9 heteroatoms. The van der Waals surface area contributed by atoms with Crippen molar-refractivity contribution < 1.29 is 13.2 Å². The Morgan fingerprint density at radius 1 is 1.21 bits per heavy atom. The summed E-state index contributed by atoms with van der Waals surface area (Å²) in [6.07, 6.45) is 3.94. The molecule has 0 aliphatic carbocycles. The van der Waals surface area contributed by atoms with Crippen LogP contribution in [0.4, 0.5) is 0 Å². The molecule has 2 heterocycles. The summed E-state index contributed by atoms with van der Waals surface area (Å²) in [7, 11) is 1.55. The molecule has 0 spiro atoms. The van der Waals surface area contributed by atoms with Crippen molar-refractivity contribution in [1.82, 2.24) is 23.7 Å². The number of carbonyl (C=O) groups is 1. The summed E-state index contributed by atoms with van der Waals surface area (Å²) in [6.45, 7) is 1.45. The van der Waals surface area contributed by atoms with Gasteiger partial charge in [0.15, 0.2) is 0 Å². The van der Waals surface area contributed by atoms with E-state index in [2.05, 4.69) is 10.4 Å². The van der Waals surface area contributed by atoms with Crippen molar-refractivity contribution in [2.24, 2.45) is 13.0 Å². The SMILES string of the molecule is CN(C)S(=O)(=O)N1CCC(Cc2nn(C)cc2C(=O)NCc2ccccc2)CC1. The van der Waals surface area contributed by atoms with Gasteiger partial charge in [-0.05, 0) is 30.7 Å².